The van der Waals surface area contributed by atoms with Gasteiger partial charge in [0.25, 0.3) is 5.91 Å². The third kappa shape index (κ3) is 6.25. The van der Waals surface area contributed by atoms with Crippen molar-refractivity contribution < 1.29 is 14.3 Å². The molecule has 1 aliphatic rings. The van der Waals surface area contributed by atoms with E-state index in [1.165, 1.54) is 12.8 Å². The highest BCUT2D eigenvalue weighted by Gasteiger charge is 2.16. The number of carbonyl (C=O) groups excluding carboxylic acids is 1. The standard InChI is InChI=1S/C21H24N2O3S/c24-20(23-21(27)22-17-6-4-5-7-17)16-10-12-19(13-11-16)26-15-14-25-18-8-2-1-3-9-18/h1-3,8-13,17H,4-7,14-15H2,(H2,22,23,24,27). The van der Waals surface area contributed by atoms with Crippen LogP contribution in [0.15, 0.2) is 54.6 Å². The first-order chi connectivity index (χ1) is 13.2. The maximum atomic E-state index is 12.3. The van der Waals surface area contributed by atoms with E-state index in [4.69, 9.17) is 21.7 Å². The molecule has 6 heteroatoms. The van der Waals surface area contributed by atoms with E-state index in [1.807, 2.05) is 30.3 Å². The van der Waals surface area contributed by atoms with Crippen molar-refractivity contribution in [1.29, 1.82) is 0 Å². The van der Waals surface area contributed by atoms with Crippen LogP contribution in [-0.2, 0) is 0 Å². The maximum Gasteiger partial charge on any atom is 0.257 e. The van der Waals surface area contributed by atoms with Gasteiger partial charge in [0.2, 0.25) is 0 Å². The summed E-state index contributed by atoms with van der Waals surface area (Å²) in [6.45, 7) is 0.878. The van der Waals surface area contributed by atoms with E-state index in [2.05, 4.69) is 10.6 Å². The van der Waals surface area contributed by atoms with E-state index in [9.17, 15) is 4.79 Å². The number of rotatable bonds is 7. The van der Waals surface area contributed by atoms with Gasteiger partial charge in [-0.2, -0.15) is 0 Å². The van der Waals surface area contributed by atoms with Gasteiger partial charge in [0.1, 0.15) is 24.7 Å². The number of benzene rings is 2. The Morgan fingerprint density at radius 2 is 1.52 bits per heavy atom. The molecule has 3 rings (SSSR count). The topological polar surface area (TPSA) is 59.6 Å². The lowest BCUT2D eigenvalue weighted by Crippen LogP contribution is -2.43. The van der Waals surface area contributed by atoms with Gasteiger partial charge < -0.3 is 14.8 Å². The van der Waals surface area contributed by atoms with Crippen LogP contribution in [0.3, 0.4) is 0 Å². The molecule has 2 N–H and O–H groups in total. The number of hydrogen-bond acceptors (Lipinski definition) is 4. The summed E-state index contributed by atoms with van der Waals surface area (Å²) < 4.78 is 11.2. The van der Waals surface area contributed by atoms with Crippen LogP contribution >= 0.6 is 12.2 Å². The van der Waals surface area contributed by atoms with E-state index in [0.29, 0.717) is 35.7 Å². The molecule has 1 amide bonds. The molecule has 0 aliphatic heterocycles. The second-order valence-electron chi connectivity index (χ2n) is 6.44. The molecule has 142 valence electrons. The zero-order valence-corrected chi connectivity index (χ0v) is 16.0. The number of hydrogen-bond donors (Lipinski definition) is 2. The Bertz CT molecular complexity index is 744. The predicted molar refractivity (Wildman–Crippen MR) is 109 cm³/mol. The third-order valence-electron chi connectivity index (χ3n) is 4.40. The first kappa shape index (κ1) is 19.2. The van der Waals surface area contributed by atoms with Gasteiger partial charge in [-0.05, 0) is 61.5 Å². The van der Waals surface area contributed by atoms with Crippen LogP contribution in [0.2, 0.25) is 0 Å². The molecular weight excluding hydrogens is 360 g/mol. The van der Waals surface area contributed by atoms with Crippen molar-refractivity contribution in [2.75, 3.05) is 13.2 Å². The fourth-order valence-corrected chi connectivity index (χ4v) is 3.26. The molecule has 1 fully saturated rings. The van der Waals surface area contributed by atoms with Crippen LogP contribution in [0.5, 0.6) is 11.5 Å². The highest BCUT2D eigenvalue weighted by molar-refractivity contribution is 7.80. The first-order valence-electron chi connectivity index (χ1n) is 9.23. The van der Waals surface area contributed by atoms with E-state index in [0.717, 1.165) is 18.6 Å². The van der Waals surface area contributed by atoms with Gasteiger partial charge in [-0.1, -0.05) is 31.0 Å². The monoisotopic (exact) mass is 384 g/mol. The van der Waals surface area contributed by atoms with Crippen LogP contribution in [0.25, 0.3) is 0 Å². The molecule has 1 saturated carbocycles. The molecule has 0 heterocycles. The normalized spacial score (nSPS) is 13.8. The van der Waals surface area contributed by atoms with Crippen LogP contribution < -0.4 is 20.1 Å². The van der Waals surface area contributed by atoms with Crippen molar-refractivity contribution in [2.24, 2.45) is 0 Å². The van der Waals surface area contributed by atoms with Gasteiger partial charge in [-0.3, -0.25) is 10.1 Å². The second-order valence-corrected chi connectivity index (χ2v) is 6.85. The van der Waals surface area contributed by atoms with Crippen LogP contribution in [0.1, 0.15) is 36.0 Å². The van der Waals surface area contributed by atoms with Crippen molar-refractivity contribution in [3.8, 4) is 11.5 Å². The summed E-state index contributed by atoms with van der Waals surface area (Å²) in [6.07, 6.45) is 4.64. The van der Waals surface area contributed by atoms with Gasteiger partial charge in [-0.25, -0.2) is 0 Å². The largest absolute Gasteiger partial charge is 0.490 e. The zero-order valence-electron chi connectivity index (χ0n) is 15.1. The SMILES string of the molecule is O=C(NC(=S)NC1CCCC1)c1ccc(OCCOc2ccccc2)cc1. The molecule has 0 atom stereocenters. The highest BCUT2D eigenvalue weighted by atomic mass is 32.1. The number of para-hydroxylation sites is 1. The molecule has 0 spiro atoms. The predicted octanol–water partition coefficient (Wildman–Crippen LogP) is 3.69. The maximum absolute atomic E-state index is 12.3. The van der Waals surface area contributed by atoms with Crippen molar-refractivity contribution in [1.82, 2.24) is 10.6 Å². The number of thiocarbonyl (C=S) groups is 1. The summed E-state index contributed by atoms with van der Waals surface area (Å²) in [4.78, 5) is 12.3. The smallest absolute Gasteiger partial charge is 0.257 e. The number of nitrogens with one attached hydrogen (secondary N) is 2. The lowest BCUT2D eigenvalue weighted by atomic mass is 10.2. The number of carbonyl (C=O) groups is 1. The average molecular weight is 385 g/mol. The van der Waals surface area contributed by atoms with Crippen LogP contribution in [0.4, 0.5) is 0 Å². The molecule has 0 bridgehead atoms. The summed E-state index contributed by atoms with van der Waals surface area (Å²) in [5.41, 5.74) is 0.540. The van der Waals surface area contributed by atoms with Crippen LogP contribution in [-0.4, -0.2) is 30.3 Å². The molecule has 1 aliphatic carbocycles. The van der Waals surface area contributed by atoms with Gasteiger partial charge in [0, 0.05) is 11.6 Å². The summed E-state index contributed by atoms with van der Waals surface area (Å²) in [7, 11) is 0. The first-order valence-corrected chi connectivity index (χ1v) is 9.64. The van der Waals surface area contributed by atoms with E-state index in [-0.39, 0.29) is 5.91 Å². The summed E-state index contributed by atoms with van der Waals surface area (Å²) in [6, 6.07) is 17.0. The molecule has 27 heavy (non-hydrogen) atoms. The van der Waals surface area contributed by atoms with E-state index >= 15 is 0 Å². The molecule has 0 saturated heterocycles. The number of ether oxygens (including phenoxy) is 2. The van der Waals surface area contributed by atoms with Crippen LogP contribution in [0, 0.1) is 0 Å². The molecular formula is C21H24N2O3S. The third-order valence-corrected chi connectivity index (χ3v) is 4.62. The van der Waals surface area contributed by atoms with Gasteiger partial charge in [-0.15, -0.1) is 0 Å². The van der Waals surface area contributed by atoms with Crippen molar-refractivity contribution >= 4 is 23.2 Å². The summed E-state index contributed by atoms with van der Waals surface area (Å²) >= 11 is 5.22. The Morgan fingerprint density at radius 3 is 2.15 bits per heavy atom. The van der Waals surface area contributed by atoms with Gasteiger partial charge >= 0.3 is 0 Å². The quantitative estimate of drug-likeness (QED) is 0.563. The molecule has 0 aromatic heterocycles. The molecule has 2 aromatic rings. The summed E-state index contributed by atoms with van der Waals surface area (Å²) in [5, 5.41) is 6.33. The van der Waals surface area contributed by atoms with E-state index < -0.39 is 0 Å². The summed E-state index contributed by atoms with van der Waals surface area (Å²) in [5.74, 6) is 1.29. The lowest BCUT2D eigenvalue weighted by molar-refractivity contribution is 0.0976. The minimum absolute atomic E-state index is 0.218. The molecule has 0 unspecified atom stereocenters. The Hall–Kier alpha value is -2.60. The Kier molecular flexibility index (Phi) is 7.04. The molecule has 2 aromatic carbocycles. The van der Waals surface area contributed by atoms with Crippen molar-refractivity contribution in [3.05, 3.63) is 60.2 Å². The second kappa shape index (κ2) is 9.92. The van der Waals surface area contributed by atoms with Crippen molar-refractivity contribution in [3.63, 3.8) is 0 Å². The van der Waals surface area contributed by atoms with E-state index in [1.54, 1.807) is 24.3 Å². The zero-order chi connectivity index (χ0) is 18.9. The minimum atomic E-state index is -0.218. The molecule has 0 radical (unpaired) electrons. The Labute approximate surface area is 165 Å². The van der Waals surface area contributed by atoms with Gasteiger partial charge in [0.15, 0.2) is 5.11 Å². The fourth-order valence-electron chi connectivity index (χ4n) is 3.01. The molecule has 5 nitrogen and oxygen atoms in total. The van der Waals surface area contributed by atoms with Crippen molar-refractivity contribution in [2.45, 2.75) is 31.7 Å². The van der Waals surface area contributed by atoms with Gasteiger partial charge in [0.05, 0.1) is 0 Å². The number of amides is 1. The average Bonchev–Trinajstić information content (AvgIpc) is 3.19. The minimum Gasteiger partial charge on any atom is -0.490 e. The Morgan fingerprint density at radius 1 is 0.926 bits per heavy atom. The fraction of sp³-hybridized carbons (Fsp3) is 0.333. The lowest BCUT2D eigenvalue weighted by Gasteiger charge is -2.15. The Balaban J connectivity index is 1.39. The highest BCUT2D eigenvalue weighted by Crippen LogP contribution is 2.17.